The molecule has 0 aliphatic heterocycles. The number of alkyl halides is 3. The number of benzene rings is 2. The number of hydrogen-bond donors (Lipinski definition) is 1. The van der Waals surface area contributed by atoms with Crippen molar-refractivity contribution in [2.75, 3.05) is 12.8 Å². The van der Waals surface area contributed by atoms with Crippen molar-refractivity contribution in [3.8, 4) is 17.2 Å². The first-order valence-electron chi connectivity index (χ1n) is 5.79. The van der Waals surface area contributed by atoms with E-state index in [2.05, 4.69) is 15.9 Å². The average Bonchev–Trinajstić information content (AvgIpc) is 2.41. The molecule has 0 bridgehead atoms. The Balaban J connectivity index is 2.32. The number of anilines is 1. The number of halogens is 4. The Labute approximate surface area is 127 Å². The molecule has 7 heteroatoms. The maximum Gasteiger partial charge on any atom is 0.418 e. The molecular weight excluding hydrogens is 351 g/mol. The lowest BCUT2D eigenvalue weighted by Crippen LogP contribution is -2.08. The number of methoxy groups -OCH3 is 1. The molecule has 0 unspecified atom stereocenters. The molecule has 21 heavy (non-hydrogen) atoms. The molecule has 0 spiro atoms. The van der Waals surface area contributed by atoms with Crippen LogP contribution in [0.15, 0.2) is 40.9 Å². The third-order valence-corrected chi connectivity index (χ3v) is 3.32. The summed E-state index contributed by atoms with van der Waals surface area (Å²) in [5.41, 5.74) is 4.07. The van der Waals surface area contributed by atoms with Crippen molar-refractivity contribution >= 4 is 21.6 Å². The van der Waals surface area contributed by atoms with Gasteiger partial charge >= 0.3 is 6.18 Å². The van der Waals surface area contributed by atoms with E-state index in [-0.39, 0.29) is 11.4 Å². The molecule has 2 N–H and O–H groups in total. The summed E-state index contributed by atoms with van der Waals surface area (Å²) >= 11 is 3.27. The van der Waals surface area contributed by atoms with Crippen molar-refractivity contribution in [1.82, 2.24) is 0 Å². The molecule has 0 atom stereocenters. The summed E-state index contributed by atoms with van der Waals surface area (Å²) in [6.45, 7) is 0. The van der Waals surface area contributed by atoms with E-state index < -0.39 is 11.7 Å². The molecule has 112 valence electrons. The van der Waals surface area contributed by atoms with E-state index in [0.29, 0.717) is 16.0 Å². The van der Waals surface area contributed by atoms with Crippen LogP contribution >= 0.6 is 15.9 Å². The van der Waals surface area contributed by atoms with Crippen molar-refractivity contribution < 1.29 is 22.6 Å². The Morgan fingerprint density at radius 1 is 1.05 bits per heavy atom. The fourth-order valence-corrected chi connectivity index (χ4v) is 2.10. The van der Waals surface area contributed by atoms with Gasteiger partial charge in [-0.25, -0.2) is 0 Å². The zero-order valence-corrected chi connectivity index (χ0v) is 12.5. The lowest BCUT2D eigenvalue weighted by atomic mass is 10.1. The molecule has 0 radical (unpaired) electrons. The zero-order chi connectivity index (χ0) is 15.6. The van der Waals surface area contributed by atoms with E-state index in [4.69, 9.17) is 15.2 Å². The van der Waals surface area contributed by atoms with Crippen LogP contribution in [0.2, 0.25) is 0 Å². The number of nitrogens with two attached hydrogens (primary N) is 1. The Hall–Kier alpha value is -1.89. The summed E-state index contributed by atoms with van der Waals surface area (Å²) < 4.78 is 49.4. The Kier molecular flexibility index (Phi) is 4.32. The van der Waals surface area contributed by atoms with E-state index in [1.807, 2.05) is 0 Å². The molecule has 0 aliphatic rings. The predicted molar refractivity (Wildman–Crippen MR) is 76.6 cm³/mol. The van der Waals surface area contributed by atoms with E-state index in [9.17, 15) is 13.2 Å². The minimum Gasteiger partial charge on any atom is -0.497 e. The van der Waals surface area contributed by atoms with Crippen molar-refractivity contribution in [3.05, 3.63) is 46.4 Å². The van der Waals surface area contributed by atoms with Crippen LogP contribution in [0, 0.1) is 0 Å². The van der Waals surface area contributed by atoms with Gasteiger partial charge in [0, 0.05) is 5.69 Å². The molecule has 0 fully saturated rings. The highest BCUT2D eigenvalue weighted by Crippen LogP contribution is 2.38. The number of nitrogen functional groups attached to an aromatic ring is 1. The second kappa shape index (κ2) is 5.85. The van der Waals surface area contributed by atoms with Gasteiger partial charge in [0.25, 0.3) is 0 Å². The van der Waals surface area contributed by atoms with Crippen molar-refractivity contribution in [2.24, 2.45) is 0 Å². The van der Waals surface area contributed by atoms with Crippen LogP contribution < -0.4 is 15.2 Å². The highest BCUT2D eigenvalue weighted by molar-refractivity contribution is 9.10. The van der Waals surface area contributed by atoms with Gasteiger partial charge in [-0.2, -0.15) is 13.2 Å². The smallest absolute Gasteiger partial charge is 0.418 e. The Morgan fingerprint density at radius 3 is 2.29 bits per heavy atom. The molecule has 2 rings (SSSR count). The summed E-state index contributed by atoms with van der Waals surface area (Å²) in [5.74, 6) is 1.01. The van der Waals surface area contributed by atoms with Crippen LogP contribution in [0.25, 0.3) is 0 Å². The normalized spacial score (nSPS) is 11.3. The van der Waals surface area contributed by atoms with Crippen molar-refractivity contribution in [1.29, 1.82) is 0 Å². The van der Waals surface area contributed by atoms with Gasteiger partial charge < -0.3 is 15.2 Å². The fourth-order valence-electron chi connectivity index (χ4n) is 1.66. The molecule has 0 aromatic heterocycles. The Bertz CT molecular complexity index is 659. The molecule has 0 aliphatic carbocycles. The van der Waals surface area contributed by atoms with E-state index in [1.165, 1.54) is 13.2 Å². The number of hydrogen-bond acceptors (Lipinski definition) is 3. The summed E-state index contributed by atoms with van der Waals surface area (Å²) in [7, 11) is 1.51. The molecule has 0 heterocycles. The van der Waals surface area contributed by atoms with Crippen LogP contribution in [-0.2, 0) is 6.18 Å². The van der Waals surface area contributed by atoms with Crippen LogP contribution in [0.3, 0.4) is 0 Å². The van der Waals surface area contributed by atoms with Gasteiger partial charge in [-0.15, -0.1) is 0 Å². The van der Waals surface area contributed by atoms with E-state index >= 15 is 0 Å². The topological polar surface area (TPSA) is 44.5 Å². The van der Waals surface area contributed by atoms with E-state index in [0.717, 1.165) is 12.1 Å². The van der Waals surface area contributed by atoms with Crippen LogP contribution in [0.5, 0.6) is 17.2 Å². The third kappa shape index (κ3) is 3.60. The monoisotopic (exact) mass is 361 g/mol. The first-order valence-corrected chi connectivity index (χ1v) is 6.58. The maximum absolute atomic E-state index is 12.8. The molecule has 0 amide bonds. The molecule has 2 aromatic carbocycles. The standard InChI is InChI=1S/C14H11BrF3NO2/c1-20-8-3-5-13(11(15)7-8)21-9-2-4-12(19)10(6-9)14(16,17)18/h2-7H,19H2,1H3. The largest absolute Gasteiger partial charge is 0.497 e. The SMILES string of the molecule is COc1ccc(Oc2ccc(N)c(C(F)(F)F)c2)c(Br)c1. The summed E-state index contributed by atoms with van der Waals surface area (Å²) in [4.78, 5) is 0. The number of rotatable bonds is 3. The second-order valence-corrected chi connectivity index (χ2v) is 5.00. The summed E-state index contributed by atoms with van der Waals surface area (Å²) in [6, 6.07) is 8.29. The highest BCUT2D eigenvalue weighted by Gasteiger charge is 2.33. The first kappa shape index (κ1) is 15.5. The highest BCUT2D eigenvalue weighted by atomic mass is 79.9. The number of ether oxygens (including phenoxy) is 2. The maximum atomic E-state index is 12.8. The minimum absolute atomic E-state index is 0.0439. The molecule has 0 saturated carbocycles. The van der Waals surface area contributed by atoms with Crippen LogP contribution in [0.1, 0.15) is 5.56 Å². The van der Waals surface area contributed by atoms with Gasteiger partial charge in [0.15, 0.2) is 0 Å². The van der Waals surface area contributed by atoms with Crippen LogP contribution in [0.4, 0.5) is 18.9 Å². The van der Waals surface area contributed by atoms with Gasteiger partial charge in [-0.1, -0.05) is 0 Å². The zero-order valence-electron chi connectivity index (χ0n) is 10.9. The third-order valence-electron chi connectivity index (χ3n) is 2.70. The lowest BCUT2D eigenvalue weighted by Gasteiger charge is -2.13. The van der Waals surface area contributed by atoms with Gasteiger partial charge in [0.05, 0.1) is 17.1 Å². The first-order chi connectivity index (χ1) is 9.81. The molecular formula is C14H11BrF3NO2. The minimum atomic E-state index is -4.53. The van der Waals surface area contributed by atoms with Gasteiger partial charge in [-0.05, 0) is 52.3 Å². The Morgan fingerprint density at radius 2 is 1.71 bits per heavy atom. The second-order valence-electron chi connectivity index (χ2n) is 4.15. The van der Waals surface area contributed by atoms with Crippen LogP contribution in [-0.4, -0.2) is 7.11 Å². The predicted octanol–water partition coefficient (Wildman–Crippen LogP) is 4.85. The van der Waals surface area contributed by atoms with E-state index in [1.54, 1.807) is 18.2 Å². The quantitative estimate of drug-likeness (QED) is 0.794. The lowest BCUT2D eigenvalue weighted by molar-refractivity contribution is -0.137. The van der Waals surface area contributed by atoms with Gasteiger partial charge in [-0.3, -0.25) is 0 Å². The van der Waals surface area contributed by atoms with Crippen molar-refractivity contribution in [2.45, 2.75) is 6.18 Å². The van der Waals surface area contributed by atoms with Gasteiger partial charge in [0.2, 0.25) is 0 Å². The van der Waals surface area contributed by atoms with Gasteiger partial charge in [0.1, 0.15) is 17.2 Å². The molecule has 2 aromatic rings. The average molecular weight is 362 g/mol. The molecule has 0 saturated heterocycles. The molecule has 3 nitrogen and oxygen atoms in total. The summed E-state index contributed by atoms with van der Waals surface area (Å²) in [5, 5.41) is 0. The van der Waals surface area contributed by atoms with Crippen molar-refractivity contribution in [3.63, 3.8) is 0 Å². The fraction of sp³-hybridized carbons (Fsp3) is 0.143. The summed E-state index contributed by atoms with van der Waals surface area (Å²) in [6.07, 6.45) is -4.53.